The molecule has 0 aromatic carbocycles. The van der Waals surface area contributed by atoms with Gasteiger partial charge in [0.15, 0.2) is 5.96 Å². The first-order valence-corrected chi connectivity index (χ1v) is 11.1. The van der Waals surface area contributed by atoms with Crippen LogP contribution in [0.2, 0.25) is 0 Å². The smallest absolute Gasteiger partial charge is 0.231 e. The standard InChI is InChI=1S/C25H33N3O2/c1-18-16-20(10-9-19-7-8-19)6-4-5-13-24(14-11-21(30-3)12-15-24)25(18)17-22(29)28(2)23(26)27-25/h4,6,16,19,21H,1,5,7-8,11-15,17H2,2-3H3,(H2,26,27)/b6-4-,20-16+. The molecule has 1 aliphatic heterocycles. The molecular formula is C25H33N3O2. The first-order valence-electron chi connectivity index (χ1n) is 11.1. The summed E-state index contributed by atoms with van der Waals surface area (Å²) in [7, 11) is 3.48. The summed E-state index contributed by atoms with van der Waals surface area (Å²) in [6.45, 7) is 4.47. The molecular weight excluding hydrogens is 374 g/mol. The van der Waals surface area contributed by atoms with E-state index in [1.165, 1.54) is 17.7 Å². The van der Waals surface area contributed by atoms with Gasteiger partial charge in [-0.2, -0.15) is 0 Å². The Morgan fingerprint density at radius 3 is 2.63 bits per heavy atom. The van der Waals surface area contributed by atoms with Crippen LogP contribution in [0.25, 0.3) is 0 Å². The van der Waals surface area contributed by atoms with Gasteiger partial charge in [0.25, 0.3) is 0 Å². The van der Waals surface area contributed by atoms with Gasteiger partial charge in [-0.15, -0.1) is 0 Å². The molecule has 5 heteroatoms. The molecule has 0 bridgehead atoms. The van der Waals surface area contributed by atoms with E-state index in [1.807, 2.05) is 0 Å². The molecule has 1 unspecified atom stereocenters. The van der Waals surface area contributed by atoms with Gasteiger partial charge >= 0.3 is 0 Å². The van der Waals surface area contributed by atoms with Crippen LogP contribution in [-0.2, 0) is 9.53 Å². The Bertz CT molecular complexity index is 876. The molecule has 2 saturated carbocycles. The number of nitrogens with two attached hydrogens (primary N) is 1. The van der Waals surface area contributed by atoms with Crippen molar-refractivity contribution in [3.05, 3.63) is 36.0 Å². The maximum atomic E-state index is 13.0. The van der Waals surface area contributed by atoms with Gasteiger partial charge in [-0.25, -0.2) is 4.99 Å². The molecule has 0 aromatic rings. The lowest BCUT2D eigenvalue weighted by atomic mass is 9.55. The summed E-state index contributed by atoms with van der Waals surface area (Å²) in [5.41, 5.74) is 7.19. The van der Waals surface area contributed by atoms with Gasteiger partial charge in [0, 0.05) is 31.1 Å². The summed E-state index contributed by atoms with van der Waals surface area (Å²) < 4.78 is 5.64. The molecule has 2 spiro atoms. The van der Waals surface area contributed by atoms with Crippen LogP contribution in [0.4, 0.5) is 0 Å². The quantitative estimate of drug-likeness (QED) is 0.674. The third kappa shape index (κ3) is 3.74. The fourth-order valence-corrected chi connectivity index (χ4v) is 5.27. The minimum absolute atomic E-state index is 0.00288. The summed E-state index contributed by atoms with van der Waals surface area (Å²) in [6.07, 6.45) is 15.0. The van der Waals surface area contributed by atoms with Crippen molar-refractivity contribution >= 4 is 11.9 Å². The number of nitrogens with zero attached hydrogens (tertiary/aromatic N) is 2. The van der Waals surface area contributed by atoms with Crippen molar-refractivity contribution in [1.82, 2.24) is 4.90 Å². The zero-order valence-corrected chi connectivity index (χ0v) is 18.2. The fourth-order valence-electron chi connectivity index (χ4n) is 5.27. The first kappa shape index (κ1) is 20.9. The molecule has 30 heavy (non-hydrogen) atoms. The van der Waals surface area contributed by atoms with Gasteiger partial charge in [-0.05, 0) is 63.0 Å². The van der Waals surface area contributed by atoms with Gasteiger partial charge in [-0.1, -0.05) is 30.6 Å². The Labute approximate surface area is 180 Å². The molecule has 2 N–H and O–H groups in total. The fraction of sp³-hybridized carbons (Fsp3) is 0.600. The molecule has 2 fully saturated rings. The van der Waals surface area contributed by atoms with Crippen molar-refractivity contribution in [2.24, 2.45) is 22.1 Å². The van der Waals surface area contributed by atoms with Crippen molar-refractivity contribution in [2.75, 3.05) is 14.2 Å². The number of carbonyl (C=O) groups excluding carboxylic acids is 1. The number of rotatable bonds is 1. The van der Waals surface area contributed by atoms with Gasteiger partial charge in [0.05, 0.1) is 12.5 Å². The van der Waals surface area contributed by atoms with Crippen LogP contribution in [-0.4, -0.2) is 42.6 Å². The van der Waals surface area contributed by atoms with Crippen molar-refractivity contribution in [3.8, 4) is 11.8 Å². The second kappa shape index (κ2) is 8.07. The number of methoxy groups -OCH3 is 1. The highest BCUT2D eigenvalue weighted by atomic mass is 16.5. The molecule has 4 rings (SSSR count). The van der Waals surface area contributed by atoms with Crippen LogP contribution in [0, 0.1) is 23.2 Å². The largest absolute Gasteiger partial charge is 0.381 e. The van der Waals surface area contributed by atoms with Gasteiger partial charge in [0.2, 0.25) is 5.91 Å². The van der Waals surface area contributed by atoms with Crippen molar-refractivity contribution < 1.29 is 9.53 Å². The Balaban J connectivity index is 1.80. The van der Waals surface area contributed by atoms with Crippen LogP contribution < -0.4 is 5.73 Å². The second-order valence-corrected chi connectivity index (χ2v) is 9.28. The number of ether oxygens (including phenoxy) is 1. The van der Waals surface area contributed by atoms with Gasteiger partial charge in [-0.3, -0.25) is 9.69 Å². The molecule has 1 atom stereocenters. The summed E-state index contributed by atoms with van der Waals surface area (Å²) in [5, 5.41) is 0. The SMILES string of the molecule is C=C1/C=C(C#CC2CC2)\C=C/CCC2(CCC(OC)CC2)C12CC(=O)N(C)C(N)=N2. The average molecular weight is 408 g/mol. The van der Waals surface area contributed by atoms with E-state index in [1.54, 1.807) is 14.2 Å². The number of hydrogen-bond acceptors (Lipinski definition) is 4. The maximum absolute atomic E-state index is 13.0. The maximum Gasteiger partial charge on any atom is 0.231 e. The van der Waals surface area contributed by atoms with Gasteiger partial charge < -0.3 is 10.5 Å². The van der Waals surface area contributed by atoms with Crippen molar-refractivity contribution in [2.45, 2.75) is 69.4 Å². The molecule has 4 aliphatic rings. The minimum atomic E-state index is -0.724. The topological polar surface area (TPSA) is 67.9 Å². The number of hydrogen-bond donors (Lipinski definition) is 1. The lowest BCUT2D eigenvalue weighted by molar-refractivity contribution is -0.130. The summed E-state index contributed by atoms with van der Waals surface area (Å²) >= 11 is 0. The predicted molar refractivity (Wildman–Crippen MR) is 120 cm³/mol. The number of carbonyl (C=O) groups is 1. The van der Waals surface area contributed by atoms with Crippen LogP contribution in [0.15, 0.2) is 40.9 Å². The Hall–Kier alpha value is -2.32. The lowest BCUT2D eigenvalue weighted by Crippen LogP contribution is -2.58. The third-order valence-corrected chi connectivity index (χ3v) is 7.48. The molecule has 5 nitrogen and oxygen atoms in total. The molecule has 1 heterocycles. The molecule has 3 aliphatic carbocycles. The third-order valence-electron chi connectivity index (χ3n) is 7.48. The van der Waals surface area contributed by atoms with E-state index in [9.17, 15) is 4.79 Å². The van der Waals surface area contributed by atoms with Crippen LogP contribution in [0.5, 0.6) is 0 Å². The zero-order valence-electron chi connectivity index (χ0n) is 18.2. The van der Waals surface area contributed by atoms with E-state index in [4.69, 9.17) is 15.5 Å². The molecule has 0 radical (unpaired) electrons. The summed E-state index contributed by atoms with van der Waals surface area (Å²) in [4.78, 5) is 19.5. The van der Waals surface area contributed by atoms with E-state index in [-0.39, 0.29) is 23.4 Å². The molecule has 0 saturated heterocycles. The van der Waals surface area contributed by atoms with E-state index in [2.05, 4.69) is 36.6 Å². The van der Waals surface area contributed by atoms with Crippen LogP contribution >= 0.6 is 0 Å². The summed E-state index contributed by atoms with van der Waals surface area (Å²) in [6, 6.07) is 0. The van der Waals surface area contributed by atoms with E-state index < -0.39 is 5.54 Å². The van der Waals surface area contributed by atoms with Crippen LogP contribution in [0.1, 0.15) is 57.8 Å². The number of aliphatic imine (C=N–C) groups is 1. The predicted octanol–water partition coefficient (Wildman–Crippen LogP) is 3.72. The van der Waals surface area contributed by atoms with E-state index >= 15 is 0 Å². The first-order chi connectivity index (χ1) is 14.4. The lowest BCUT2D eigenvalue weighted by Gasteiger charge is -2.53. The highest BCUT2D eigenvalue weighted by molar-refractivity contribution is 5.99. The highest BCUT2D eigenvalue weighted by Crippen LogP contribution is 2.56. The Morgan fingerprint density at radius 2 is 2.00 bits per heavy atom. The summed E-state index contributed by atoms with van der Waals surface area (Å²) in [5.74, 6) is 7.51. The van der Waals surface area contributed by atoms with E-state index in [0.717, 1.165) is 49.7 Å². The Kier molecular flexibility index (Phi) is 5.63. The number of guanidine groups is 1. The molecule has 160 valence electrons. The second-order valence-electron chi connectivity index (χ2n) is 9.28. The zero-order chi connectivity index (χ0) is 21.4. The minimum Gasteiger partial charge on any atom is -0.381 e. The highest BCUT2D eigenvalue weighted by Gasteiger charge is 2.56. The number of fused-ring (bicyclic) bond motifs is 1. The van der Waals surface area contributed by atoms with Gasteiger partial charge in [0.1, 0.15) is 5.54 Å². The average Bonchev–Trinajstić information content (AvgIpc) is 3.56. The number of allylic oxidation sites excluding steroid dienone is 3. The molecule has 1 amide bonds. The number of amides is 1. The molecule has 0 aromatic heterocycles. The van der Waals surface area contributed by atoms with Crippen molar-refractivity contribution in [3.63, 3.8) is 0 Å². The van der Waals surface area contributed by atoms with Crippen LogP contribution in [0.3, 0.4) is 0 Å². The van der Waals surface area contributed by atoms with E-state index in [0.29, 0.717) is 12.3 Å². The normalized spacial score (nSPS) is 37.4. The monoisotopic (exact) mass is 407 g/mol. The Morgan fingerprint density at radius 1 is 1.27 bits per heavy atom. The van der Waals surface area contributed by atoms with Crippen molar-refractivity contribution in [1.29, 1.82) is 0 Å².